The van der Waals surface area contributed by atoms with Gasteiger partial charge < -0.3 is 15.4 Å². The van der Waals surface area contributed by atoms with Gasteiger partial charge in [-0.2, -0.15) is 0 Å². The molecule has 1 aliphatic rings. The van der Waals surface area contributed by atoms with Crippen LogP contribution in [-0.2, 0) is 11.3 Å². The van der Waals surface area contributed by atoms with E-state index in [2.05, 4.69) is 0 Å². The molecule has 0 aromatic heterocycles. The van der Waals surface area contributed by atoms with Crippen molar-refractivity contribution in [1.82, 2.24) is 4.90 Å². The third-order valence-electron chi connectivity index (χ3n) is 3.86. The van der Waals surface area contributed by atoms with Gasteiger partial charge in [0.25, 0.3) is 0 Å². The molecule has 1 amide bonds. The highest BCUT2D eigenvalue weighted by molar-refractivity contribution is 5.77. The fraction of sp³-hybridized carbons (Fsp3) is 0.533. The summed E-state index contributed by atoms with van der Waals surface area (Å²) in [7, 11) is 3.47. The Morgan fingerprint density at radius 2 is 2.00 bits per heavy atom. The number of amides is 1. The molecule has 0 bridgehead atoms. The molecule has 0 spiro atoms. The number of nitrogens with two attached hydrogens (primary N) is 1. The largest absolute Gasteiger partial charge is 0.497 e. The van der Waals surface area contributed by atoms with Gasteiger partial charge in [-0.15, -0.1) is 0 Å². The number of methoxy groups -OCH3 is 1. The molecule has 0 saturated heterocycles. The molecule has 1 aliphatic carbocycles. The Balaban J connectivity index is 1.88. The van der Waals surface area contributed by atoms with Gasteiger partial charge in [-0.1, -0.05) is 12.1 Å². The Kier molecular flexibility index (Phi) is 4.10. The maximum atomic E-state index is 12.1. The van der Waals surface area contributed by atoms with Crippen molar-refractivity contribution in [2.75, 3.05) is 14.2 Å². The van der Waals surface area contributed by atoms with Crippen LogP contribution in [0.25, 0.3) is 0 Å². The summed E-state index contributed by atoms with van der Waals surface area (Å²) >= 11 is 0. The Bertz CT molecular complexity index is 438. The van der Waals surface area contributed by atoms with Crippen molar-refractivity contribution in [3.8, 4) is 5.75 Å². The van der Waals surface area contributed by atoms with E-state index in [-0.39, 0.29) is 11.4 Å². The lowest BCUT2D eigenvalue weighted by molar-refractivity contribution is -0.132. The molecule has 1 aromatic carbocycles. The van der Waals surface area contributed by atoms with Crippen molar-refractivity contribution in [3.05, 3.63) is 29.8 Å². The van der Waals surface area contributed by atoms with Crippen molar-refractivity contribution in [2.24, 2.45) is 5.73 Å². The molecule has 0 radical (unpaired) electrons. The molecule has 0 heterocycles. The third-order valence-corrected chi connectivity index (χ3v) is 3.86. The van der Waals surface area contributed by atoms with Crippen molar-refractivity contribution < 1.29 is 9.53 Å². The van der Waals surface area contributed by atoms with Crippen molar-refractivity contribution >= 4 is 5.91 Å². The molecule has 2 N–H and O–H groups in total. The van der Waals surface area contributed by atoms with Crippen molar-refractivity contribution in [3.63, 3.8) is 0 Å². The fourth-order valence-corrected chi connectivity index (χ4v) is 2.34. The second kappa shape index (κ2) is 5.61. The Labute approximate surface area is 114 Å². The maximum Gasteiger partial charge on any atom is 0.224 e. The minimum Gasteiger partial charge on any atom is -0.497 e. The van der Waals surface area contributed by atoms with Gasteiger partial charge >= 0.3 is 0 Å². The van der Waals surface area contributed by atoms with Gasteiger partial charge in [0.1, 0.15) is 5.75 Å². The highest BCUT2D eigenvalue weighted by atomic mass is 16.5. The molecule has 19 heavy (non-hydrogen) atoms. The second-order valence-corrected chi connectivity index (χ2v) is 5.49. The summed E-state index contributed by atoms with van der Waals surface area (Å²) in [6.45, 7) is 0.610. The van der Waals surface area contributed by atoms with E-state index in [1.807, 2.05) is 31.3 Å². The van der Waals surface area contributed by atoms with E-state index >= 15 is 0 Å². The highest BCUT2D eigenvalue weighted by Gasteiger charge is 2.35. The SMILES string of the molecule is COc1ccc(CN(C)C(=O)CC2(N)CCC2)cc1. The summed E-state index contributed by atoms with van der Waals surface area (Å²) in [4.78, 5) is 13.8. The van der Waals surface area contributed by atoms with Gasteiger partial charge in [0, 0.05) is 25.6 Å². The zero-order chi connectivity index (χ0) is 13.9. The number of hydrogen-bond acceptors (Lipinski definition) is 3. The molecule has 0 aliphatic heterocycles. The number of hydrogen-bond donors (Lipinski definition) is 1. The molecule has 4 nitrogen and oxygen atoms in total. The van der Waals surface area contributed by atoms with E-state index in [1.54, 1.807) is 12.0 Å². The lowest BCUT2D eigenvalue weighted by Crippen LogP contribution is -2.50. The molecule has 1 saturated carbocycles. The predicted molar refractivity (Wildman–Crippen MR) is 74.9 cm³/mol. The standard InChI is InChI=1S/C15H22N2O2/c1-17(14(18)10-15(16)8-3-9-15)11-12-4-6-13(19-2)7-5-12/h4-7H,3,8-11,16H2,1-2H3. The number of carbonyl (C=O) groups excluding carboxylic acids is 1. The highest BCUT2D eigenvalue weighted by Crippen LogP contribution is 2.32. The molecule has 2 rings (SSSR count). The van der Waals surface area contributed by atoms with Crippen LogP contribution in [0, 0.1) is 0 Å². The molecular formula is C15H22N2O2. The van der Waals surface area contributed by atoms with Gasteiger partial charge in [-0.25, -0.2) is 0 Å². The van der Waals surface area contributed by atoms with Crippen LogP contribution in [0.3, 0.4) is 0 Å². The van der Waals surface area contributed by atoms with E-state index < -0.39 is 0 Å². The number of carbonyl (C=O) groups is 1. The molecule has 1 fully saturated rings. The zero-order valence-electron chi connectivity index (χ0n) is 11.7. The first-order chi connectivity index (χ1) is 9.02. The molecule has 0 atom stereocenters. The average molecular weight is 262 g/mol. The van der Waals surface area contributed by atoms with E-state index in [0.717, 1.165) is 30.6 Å². The van der Waals surface area contributed by atoms with Crippen LogP contribution in [0.4, 0.5) is 0 Å². The minimum atomic E-state index is -0.245. The smallest absolute Gasteiger partial charge is 0.224 e. The van der Waals surface area contributed by atoms with Gasteiger partial charge in [-0.05, 0) is 37.0 Å². The van der Waals surface area contributed by atoms with Gasteiger partial charge in [-0.3, -0.25) is 4.79 Å². The fourth-order valence-electron chi connectivity index (χ4n) is 2.34. The molecule has 4 heteroatoms. The third kappa shape index (κ3) is 3.47. The van der Waals surface area contributed by atoms with Crippen molar-refractivity contribution in [2.45, 2.75) is 37.8 Å². The van der Waals surface area contributed by atoms with Gasteiger partial charge in [0.05, 0.1) is 7.11 Å². The van der Waals surface area contributed by atoms with E-state index in [9.17, 15) is 4.79 Å². The van der Waals surface area contributed by atoms with E-state index in [4.69, 9.17) is 10.5 Å². The van der Waals surface area contributed by atoms with Crippen LogP contribution in [0.5, 0.6) is 5.75 Å². The first-order valence-corrected chi connectivity index (χ1v) is 6.68. The summed E-state index contributed by atoms with van der Waals surface area (Å²) in [5.74, 6) is 0.950. The van der Waals surface area contributed by atoms with Crippen LogP contribution in [-0.4, -0.2) is 30.5 Å². The summed E-state index contributed by atoms with van der Waals surface area (Å²) in [6.07, 6.45) is 3.54. The minimum absolute atomic E-state index is 0.123. The number of benzene rings is 1. The molecule has 104 valence electrons. The number of nitrogens with zero attached hydrogens (tertiary/aromatic N) is 1. The van der Waals surface area contributed by atoms with Crippen LogP contribution >= 0.6 is 0 Å². The lowest BCUT2D eigenvalue weighted by Gasteiger charge is -2.38. The van der Waals surface area contributed by atoms with E-state index in [0.29, 0.717) is 13.0 Å². The first-order valence-electron chi connectivity index (χ1n) is 6.68. The van der Waals surface area contributed by atoms with Gasteiger partial charge in [0.15, 0.2) is 0 Å². The van der Waals surface area contributed by atoms with Crippen LogP contribution in [0.15, 0.2) is 24.3 Å². The normalized spacial score (nSPS) is 16.6. The van der Waals surface area contributed by atoms with Crippen LogP contribution < -0.4 is 10.5 Å². The van der Waals surface area contributed by atoms with E-state index in [1.165, 1.54) is 0 Å². The number of rotatable bonds is 5. The predicted octanol–water partition coefficient (Wildman–Crippen LogP) is 1.93. The Morgan fingerprint density at radius 1 is 1.37 bits per heavy atom. The van der Waals surface area contributed by atoms with Crippen LogP contribution in [0.1, 0.15) is 31.2 Å². The number of ether oxygens (including phenoxy) is 1. The Hall–Kier alpha value is -1.55. The average Bonchev–Trinajstić information content (AvgIpc) is 2.37. The molecule has 1 aromatic rings. The zero-order valence-corrected chi connectivity index (χ0v) is 11.7. The quantitative estimate of drug-likeness (QED) is 0.882. The molecular weight excluding hydrogens is 240 g/mol. The maximum absolute atomic E-state index is 12.1. The van der Waals surface area contributed by atoms with Crippen LogP contribution in [0.2, 0.25) is 0 Å². The summed E-state index contributed by atoms with van der Waals surface area (Å²) in [5, 5.41) is 0. The topological polar surface area (TPSA) is 55.6 Å². The second-order valence-electron chi connectivity index (χ2n) is 5.49. The summed E-state index contributed by atoms with van der Waals surface area (Å²) in [5.41, 5.74) is 6.96. The Morgan fingerprint density at radius 3 is 2.47 bits per heavy atom. The summed E-state index contributed by atoms with van der Waals surface area (Å²) < 4.78 is 5.11. The van der Waals surface area contributed by atoms with Gasteiger partial charge in [0.2, 0.25) is 5.91 Å². The lowest BCUT2D eigenvalue weighted by atomic mass is 9.75. The molecule has 0 unspecified atom stereocenters. The monoisotopic (exact) mass is 262 g/mol. The first kappa shape index (κ1) is 13.9. The summed E-state index contributed by atoms with van der Waals surface area (Å²) in [6, 6.07) is 7.77. The van der Waals surface area contributed by atoms with Crippen molar-refractivity contribution in [1.29, 1.82) is 0 Å².